The summed E-state index contributed by atoms with van der Waals surface area (Å²) in [4.78, 5) is 7.27. The van der Waals surface area contributed by atoms with Gasteiger partial charge in [0, 0.05) is 12.7 Å². The second-order valence-electron chi connectivity index (χ2n) is 7.03. The molecule has 2 rings (SSSR count). The molecule has 0 aliphatic rings. The Labute approximate surface area is 156 Å². The molecule has 3 N–H and O–H groups in total. The van der Waals surface area contributed by atoms with Gasteiger partial charge in [0.15, 0.2) is 0 Å². The Morgan fingerprint density at radius 2 is 2.12 bits per heavy atom. The fourth-order valence-corrected chi connectivity index (χ4v) is 2.96. The van der Waals surface area contributed by atoms with E-state index in [4.69, 9.17) is 10.2 Å². The quantitative estimate of drug-likeness (QED) is 0.449. The van der Waals surface area contributed by atoms with E-state index in [9.17, 15) is 5.11 Å². The van der Waals surface area contributed by atoms with E-state index in [0.717, 1.165) is 43.0 Å². The summed E-state index contributed by atoms with van der Waals surface area (Å²) in [5, 5.41) is 18.0. The predicted octanol–water partition coefficient (Wildman–Crippen LogP) is 3.08. The third kappa shape index (κ3) is 5.38. The number of pyridine rings is 1. The van der Waals surface area contributed by atoms with Crippen LogP contribution in [0.3, 0.4) is 0 Å². The van der Waals surface area contributed by atoms with Gasteiger partial charge in [-0.1, -0.05) is 33.8 Å². The molecule has 0 aliphatic heterocycles. The first-order valence-corrected chi connectivity index (χ1v) is 9.46. The van der Waals surface area contributed by atoms with Crippen LogP contribution in [0.4, 0.5) is 0 Å². The molecule has 2 aromatic heterocycles. The van der Waals surface area contributed by atoms with Gasteiger partial charge in [-0.05, 0) is 55.6 Å². The molecular formula is C20H32N4O2. The third-order valence-corrected chi connectivity index (χ3v) is 4.61. The number of aliphatic hydroxyl groups is 1. The number of fused-ring (bicyclic) bond motifs is 1. The van der Waals surface area contributed by atoms with Crippen LogP contribution in [-0.2, 0) is 13.0 Å². The van der Waals surface area contributed by atoms with Crippen LogP contribution in [0.1, 0.15) is 51.1 Å². The van der Waals surface area contributed by atoms with Crippen LogP contribution in [0.2, 0.25) is 0 Å². The van der Waals surface area contributed by atoms with Crippen molar-refractivity contribution in [2.24, 2.45) is 5.92 Å². The van der Waals surface area contributed by atoms with E-state index >= 15 is 0 Å². The molecular weight excluding hydrogens is 328 g/mol. The zero-order valence-corrected chi connectivity index (χ0v) is 16.3. The molecule has 0 bridgehead atoms. The first-order valence-electron chi connectivity index (χ1n) is 9.46. The molecule has 2 heterocycles. The van der Waals surface area contributed by atoms with E-state index in [0.29, 0.717) is 5.92 Å². The first kappa shape index (κ1) is 20.6. The SMILES string of the molecule is CCc1nc2cc(/C=C/C(O)NO)ccn2c1CN(CC)CCC(C)C. The smallest absolute Gasteiger partial charge is 0.146 e. The predicted molar refractivity (Wildman–Crippen MR) is 105 cm³/mol. The maximum absolute atomic E-state index is 9.36. The largest absolute Gasteiger partial charge is 0.373 e. The highest BCUT2D eigenvalue weighted by Crippen LogP contribution is 2.18. The van der Waals surface area contributed by atoms with E-state index in [1.54, 1.807) is 11.6 Å². The molecule has 0 spiro atoms. The van der Waals surface area contributed by atoms with E-state index in [1.807, 2.05) is 18.3 Å². The van der Waals surface area contributed by atoms with Gasteiger partial charge in [0.05, 0.1) is 11.4 Å². The Morgan fingerprint density at radius 1 is 1.35 bits per heavy atom. The zero-order valence-electron chi connectivity index (χ0n) is 16.3. The molecule has 6 nitrogen and oxygen atoms in total. The maximum Gasteiger partial charge on any atom is 0.146 e. The number of nitrogens with zero attached hydrogens (tertiary/aromatic N) is 3. The van der Waals surface area contributed by atoms with Crippen LogP contribution >= 0.6 is 0 Å². The monoisotopic (exact) mass is 360 g/mol. The number of aliphatic hydroxyl groups excluding tert-OH is 1. The number of aryl methyl sites for hydroxylation is 1. The summed E-state index contributed by atoms with van der Waals surface area (Å²) in [5.74, 6) is 0.704. The molecule has 26 heavy (non-hydrogen) atoms. The van der Waals surface area contributed by atoms with Crippen LogP contribution in [0.15, 0.2) is 24.4 Å². The summed E-state index contributed by atoms with van der Waals surface area (Å²) < 4.78 is 2.16. The first-order chi connectivity index (χ1) is 12.5. The molecule has 0 saturated heterocycles. The Morgan fingerprint density at radius 3 is 2.73 bits per heavy atom. The van der Waals surface area contributed by atoms with Gasteiger partial charge in [0.1, 0.15) is 11.9 Å². The van der Waals surface area contributed by atoms with Crippen molar-refractivity contribution in [1.29, 1.82) is 0 Å². The molecule has 0 amide bonds. The second kappa shape index (κ2) is 9.83. The summed E-state index contributed by atoms with van der Waals surface area (Å²) in [5.41, 5.74) is 6.00. The fraction of sp³-hybridized carbons (Fsp3) is 0.550. The van der Waals surface area contributed by atoms with Gasteiger partial charge in [-0.25, -0.2) is 4.98 Å². The second-order valence-corrected chi connectivity index (χ2v) is 7.03. The highest BCUT2D eigenvalue weighted by molar-refractivity contribution is 5.57. The van der Waals surface area contributed by atoms with Crippen LogP contribution in [0.25, 0.3) is 11.7 Å². The van der Waals surface area contributed by atoms with Crippen molar-refractivity contribution in [3.63, 3.8) is 0 Å². The summed E-state index contributed by atoms with van der Waals surface area (Å²) >= 11 is 0. The highest BCUT2D eigenvalue weighted by atomic mass is 16.5. The molecule has 0 radical (unpaired) electrons. The Hall–Kier alpha value is -1.73. The van der Waals surface area contributed by atoms with Gasteiger partial charge in [0.25, 0.3) is 0 Å². The lowest BCUT2D eigenvalue weighted by Gasteiger charge is -2.21. The van der Waals surface area contributed by atoms with Gasteiger partial charge in [-0.3, -0.25) is 4.90 Å². The van der Waals surface area contributed by atoms with Crippen molar-refractivity contribution < 1.29 is 10.3 Å². The van der Waals surface area contributed by atoms with Crippen molar-refractivity contribution >= 4 is 11.7 Å². The number of nitrogens with one attached hydrogen (secondary N) is 1. The van der Waals surface area contributed by atoms with E-state index in [2.05, 4.69) is 37.0 Å². The van der Waals surface area contributed by atoms with Crippen molar-refractivity contribution in [3.05, 3.63) is 41.4 Å². The van der Waals surface area contributed by atoms with E-state index in [-0.39, 0.29) is 0 Å². The minimum atomic E-state index is -1.08. The summed E-state index contributed by atoms with van der Waals surface area (Å²) in [7, 11) is 0. The van der Waals surface area contributed by atoms with Crippen LogP contribution in [0.5, 0.6) is 0 Å². The molecule has 6 heteroatoms. The number of imidazole rings is 1. The van der Waals surface area contributed by atoms with Crippen molar-refractivity contribution in [2.75, 3.05) is 13.1 Å². The molecule has 0 fully saturated rings. The van der Waals surface area contributed by atoms with Crippen LogP contribution < -0.4 is 5.48 Å². The Bertz CT molecular complexity index is 724. The Kier molecular flexibility index (Phi) is 7.78. The lowest BCUT2D eigenvalue weighted by atomic mass is 10.1. The molecule has 1 atom stereocenters. The van der Waals surface area contributed by atoms with Gasteiger partial charge in [0.2, 0.25) is 0 Å². The van der Waals surface area contributed by atoms with Crippen LogP contribution in [0, 0.1) is 5.92 Å². The Balaban J connectivity index is 2.27. The van der Waals surface area contributed by atoms with E-state index < -0.39 is 6.23 Å². The topological polar surface area (TPSA) is 73.0 Å². The minimum Gasteiger partial charge on any atom is -0.373 e. The summed E-state index contributed by atoms with van der Waals surface area (Å²) in [6.07, 6.45) is 6.30. The third-order valence-electron chi connectivity index (χ3n) is 4.61. The van der Waals surface area contributed by atoms with Crippen molar-refractivity contribution in [1.82, 2.24) is 19.8 Å². The highest BCUT2D eigenvalue weighted by Gasteiger charge is 2.14. The number of aromatic nitrogens is 2. The number of hydrogen-bond acceptors (Lipinski definition) is 5. The van der Waals surface area contributed by atoms with Gasteiger partial charge < -0.3 is 14.7 Å². The van der Waals surface area contributed by atoms with Crippen LogP contribution in [-0.4, -0.2) is 43.9 Å². The van der Waals surface area contributed by atoms with E-state index in [1.165, 1.54) is 18.2 Å². The summed E-state index contributed by atoms with van der Waals surface area (Å²) in [6.45, 7) is 11.9. The molecule has 2 aromatic rings. The van der Waals surface area contributed by atoms with Gasteiger partial charge in [-0.2, -0.15) is 5.48 Å². The molecule has 144 valence electrons. The number of rotatable bonds is 10. The summed E-state index contributed by atoms with van der Waals surface area (Å²) in [6, 6.07) is 3.98. The lowest BCUT2D eigenvalue weighted by Crippen LogP contribution is -2.26. The molecule has 0 aromatic carbocycles. The maximum atomic E-state index is 9.36. The number of hydrogen-bond donors (Lipinski definition) is 3. The van der Waals surface area contributed by atoms with Gasteiger partial charge >= 0.3 is 0 Å². The van der Waals surface area contributed by atoms with Crippen molar-refractivity contribution in [3.8, 4) is 0 Å². The lowest BCUT2D eigenvalue weighted by molar-refractivity contribution is 0.0323. The molecule has 0 saturated carbocycles. The van der Waals surface area contributed by atoms with Gasteiger partial charge in [-0.15, -0.1) is 0 Å². The standard InChI is InChI=1S/C20H32N4O2/c1-5-17-18(14-23(6-2)11-9-15(3)4)24-12-10-16(13-19(24)21-17)7-8-20(25)22-26/h7-8,10,12-13,15,20,22,25-26H,5-6,9,11,14H2,1-4H3/b8-7+. The zero-order chi connectivity index (χ0) is 19.1. The average molecular weight is 361 g/mol. The number of hydroxylamine groups is 1. The normalized spacial score (nSPS) is 13.5. The van der Waals surface area contributed by atoms with Crippen molar-refractivity contribution in [2.45, 2.75) is 53.3 Å². The average Bonchev–Trinajstić information content (AvgIpc) is 2.99. The fourth-order valence-electron chi connectivity index (χ4n) is 2.96. The molecule has 1 unspecified atom stereocenters. The molecule has 0 aliphatic carbocycles. The minimum absolute atomic E-state index is 0.704.